The molecular formula is C15H15F3N2O3S. The van der Waals surface area contributed by atoms with Crippen molar-refractivity contribution in [2.45, 2.75) is 13.3 Å². The zero-order valence-corrected chi connectivity index (χ0v) is 13.8. The second kappa shape index (κ2) is 7.16. The summed E-state index contributed by atoms with van der Waals surface area (Å²) < 4.78 is 53.3. The highest BCUT2D eigenvalue weighted by Crippen LogP contribution is 2.26. The maximum Gasteiger partial charge on any atom is 0.573 e. The van der Waals surface area contributed by atoms with Gasteiger partial charge in [0.1, 0.15) is 5.75 Å². The second-order valence-electron chi connectivity index (χ2n) is 4.89. The van der Waals surface area contributed by atoms with Crippen LogP contribution in [0.25, 0.3) is 11.3 Å². The van der Waals surface area contributed by atoms with Crippen molar-refractivity contribution in [1.82, 2.24) is 9.55 Å². The molecule has 1 heterocycles. The molecule has 24 heavy (non-hydrogen) atoms. The lowest BCUT2D eigenvalue weighted by Gasteiger charge is -2.10. The Labute approximate surface area is 138 Å². The molecule has 0 N–H and O–H groups in total. The van der Waals surface area contributed by atoms with E-state index < -0.39 is 17.2 Å². The minimum Gasteiger partial charge on any atom is -0.406 e. The van der Waals surface area contributed by atoms with Crippen molar-refractivity contribution in [3.8, 4) is 17.0 Å². The molecule has 0 saturated carbocycles. The average Bonchev–Trinajstić information content (AvgIpc) is 2.88. The summed E-state index contributed by atoms with van der Waals surface area (Å²) in [5.41, 5.74) is 1.13. The highest BCUT2D eigenvalue weighted by molar-refractivity contribution is 7.85. The predicted molar refractivity (Wildman–Crippen MR) is 83.2 cm³/mol. The zero-order valence-electron chi connectivity index (χ0n) is 13.0. The van der Waals surface area contributed by atoms with Crippen molar-refractivity contribution in [1.29, 1.82) is 0 Å². The number of benzene rings is 1. The summed E-state index contributed by atoms with van der Waals surface area (Å²) >= 11 is 0. The molecule has 0 aliphatic carbocycles. The molecule has 1 unspecified atom stereocenters. The summed E-state index contributed by atoms with van der Waals surface area (Å²) in [5.74, 6) is -0.255. The molecule has 130 valence electrons. The van der Waals surface area contributed by atoms with Gasteiger partial charge in [0, 0.05) is 29.2 Å². The molecule has 5 nitrogen and oxygen atoms in total. The van der Waals surface area contributed by atoms with Gasteiger partial charge in [0.05, 0.1) is 17.6 Å². The third-order valence-electron chi connectivity index (χ3n) is 3.24. The zero-order chi connectivity index (χ0) is 17.9. The van der Waals surface area contributed by atoms with Gasteiger partial charge in [-0.25, -0.2) is 4.98 Å². The monoisotopic (exact) mass is 360 g/mol. The van der Waals surface area contributed by atoms with E-state index in [0.717, 1.165) is 0 Å². The van der Waals surface area contributed by atoms with E-state index in [1.54, 1.807) is 14.0 Å². The van der Waals surface area contributed by atoms with Gasteiger partial charge in [0.15, 0.2) is 5.82 Å². The first-order chi connectivity index (χ1) is 11.2. The summed E-state index contributed by atoms with van der Waals surface area (Å²) in [6, 6.07) is 5.25. The largest absolute Gasteiger partial charge is 0.573 e. The van der Waals surface area contributed by atoms with Crippen LogP contribution in [0.1, 0.15) is 17.5 Å². The van der Waals surface area contributed by atoms with Crippen LogP contribution in [0, 0.1) is 0 Å². The fraction of sp³-hybridized carbons (Fsp3) is 0.333. The fourth-order valence-electron chi connectivity index (χ4n) is 2.08. The van der Waals surface area contributed by atoms with Crippen molar-refractivity contribution in [2.24, 2.45) is 7.05 Å². The predicted octanol–water partition coefficient (Wildman–Crippen LogP) is 2.94. The smallest absolute Gasteiger partial charge is 0.406 e. The number of ether oxygens (including phenoxy) is 1. The maximum absolute atomic E-state index is 12.2. The van der Waals surface area contributed by atoms with Crippen LogP contribution in [0.5, 0.6) is 5.75 Å². The van der Waals surface area contributed by atoms with Crippen molar-refractivity contribution in [3.05, 3.63) is 36.3 Å². The molecule has 0 aliphatic rings. The molecule has 0 amide bonds. The number of Topliss-reactive ketones (excluding diaryl/α,β-unsaturated/α-hetero) is 1. The lowest BCUT2D eigenvalue weighted by atomic mass is 10.1. The Kier molecular flexibility index (Phi) is 5.43. The number of aromatic nitrogens is 2. The van der Waals surface area contributed by atoms with Crippen LogP contribution < -0.4 is 4.74 Å². The second-order valence-corrected chi connectivity index (χ2v) is 6.64. The number of nitrogens with zero attached hydrogens (tertiary/aromatic N) is 2. The van der Waals surface area contributed by atoms with Gasteiger partial charge in [0.25, 0.3) is 0 Å². The lowest BCUT2D eigenvalue weighted by molar-refractivity contribution is -0.274. The number of hydrogen-bond acceptors (Lipinski definition) is 4. The summed E-state index contributed by atoms with van der Waals surface area (Å²) in [5, 5.41) is 0. The molecule has 1 aromatic carbocycles. The van der Waals surface area contributed by atoms with E-state index in [1.807, 2.05) is 0 Å². The van der Waals surface area contributed by atoms with Gasteiger partial charge in [-0.3, -0.25) is 9.00 Å². The Bertz CT molecular complexity index is 754. The number of carbonyl (C=O) groups excluding carboxylic acids is 1. The van der Waals surface area contributed by atoms with E-state index in [9.17, 15) is 22.2 Å². The number of alkyl halides is 3. The van der Waals surface area contributed by atoms with Gasteiger partial charge >= 0.3 is 6.36 Å². The summed E-state index contributed by atoms with van der Waals surface area (Å²) in [7, 11) is 0.376. The van der Waals surface area contributed by atoms with Crippen LogP contribution in [0.4, 0.5) is 13.2 Å². The lowest BCUT2D eigenvalue weighted by Crippen LogP contribution is -2.17. The van der Waals surface area contributed by atoms with Crippen LogP contribution in [0.3, 0.4) is 0 Å². The summed E-state index contributed by atoms with van der Waals surface area (Å²) in [6.07, 6.45) is -3.30. The molecule has 2 aromatic rings. The number of halogens is 3. The Morgan fingerprint density at radius 2 is 1.92 bits per heavy atom. The Morgan fingerprint density at radius 1 is 1.29 bits per heavy atom. The van der Waals surface area contributed by atoms with Gasteiger partial charge in [-0.2, -0.15) is 0 Å². The molecule has 1 aromatic heterocycles. The van der Waals surface area contributed by atoms with Crippen molar-refractivity contribution >= 4 is 16.6 Å². The average molecular weight is 360 g/mol. The fourth-order valence-corrected chi connectivity index (χ4v) is 2.70. The number of hydrogen-bond donors (Lipinski definition) is 0. The highest BCUT2D eigenvalue weighted by Gasteiger charge is 2.31. The van der Waals surface area contributed by atoms with Crippen molar-refractivity contribution in [2.75, 3.05) is 11.5 Å². The van der Waals surface area contributed by atoms with Crippen LogP contribution in [-0.4, -0.2) is 37.4 Å². The minimum atomic E-state index is -4.75. The van der Waals surface area contributed by atoms with E-state index in [0.29, 0.717) is 17.0 Å². The van der Waals surface area contributed by atoms with E-state index in [4.69, 9.17) is 0 Å². The van der Waals surface area contributed by atoms with Crippen LogP contribution in [0.2, 0.25) is 0 Å². The Balaban J connectivity index is 2.21. The van der Waals surface area contributed by atoms with Crippen LogP contribution in [0.15, 0.2) is 30.5 Å². The molecular weight excluding hydrogens is 345 g/mol. The number of ketones is 1. The summed E-state index contributed by atoms with van der Waals surface area (Å²) in [4.78, 5) is 16.1. The maximum atomic E-state index is 12.2. The van der Waals surface area contributed by atoms with Crippen molar-refractivity contribution < 1.29 is 26.9 Å². The molecule has 0 radical (unpaired) electrons. The van der Waals surface area contributed by atoms with E-state index >= 15 is 0 Å². The van der Waals surface area contributed by atoms with Crippen molar-refractivity contribution in [3.63, 3.8) is 0 Å². The molecule has 0 saturated heterocycles. The van der Waals surface area contributed by atoms with E-state index in [2.05, 4.69) is 9.72 Å². The topological polar surface area (TPSA) is 61.2 Å². The van der Waals surface area contributed by atoms with E-state index in [1.165, 1.54) is 35.0 Å². The van der Waals surface area contributed by atoms with Gasteiger partial charge < -0.3 is 9.30 Å². The first-order valence-corrected chi connectivity index (χ1v) is 8.46. The molecule has 0 fully saturated rings. The normalized spacial score (nSPS) is 12.9. The molecule has 0 bridgehead atoms. The number of imidazole rings is 1. The first kappa shape index (κ1) is 18.2. The van der Waals surface area contributed by atoms with Gasteiger partial charge in [-0.05, 0) is 24.3 Å². The highest BCUT2D eigenvalue weighted by atomic mass is 32.2. The molecule has 2 rings (SSSR count). The quantitative estimate of drug-likeness (QED) is 0.743. The number of rotatable bonds is 6. The van der Waals surface area contributed by atoms with Gasteiger partial charge in [-0.15, -0.1) is 13.2 Å². The van der Waals surface area contributed by atoms with Crippen LogP contribution >= 0.6 is 0 Å². The van der Waals surface area contributed by atoms with E-state index in [-0.39, 0.29) is 23.1 Å². The Morgan fingerprint density at radius 3 is 2.46 bits per heavy atom. The standard InChI is InChI=1S/C15H15F3N2O3S/c1-3-24(22)9-13(21)14-19-8-12(20(14)2)10-4-6-11(7-5-10)23-15(16,17)18/h4-8H,3,9H2,1-2H3. The third-order valence-corrected chi connectivity index (χ3v) is 4.46. The first-order valence-electron chi connectivity index (χ1n) is 6.97. The third kappa shape index (κ3) is 4.44. The van der Waals surface area contributed by atoms with Gasteiger partial charge in [-0.1, -0.05) is 6.92 Å². The summed E-state index contributed by atoms with van der Waals surface area (Å²) in [6.45, 7) is 1.72. The molecule has 9 heteroatoms. The minimum absolute atomic E-state index is 0.112. The SMILES string of the molecule is CCS(=O)CC(=O)c1ncc(-c2ccc(OC(F)(F)F)cc2)n1C. The molecule has 1 atom stereocenters. The molecule has 0 spiro atoms. The van der Waals surface area contributed by atoms with Crippen LogP contribution in [-0.2, 0) is 17.8 Å². The van der Waals surface area contributed by atoms with Gasteiger partial charge in [0.2, 0.25) is 5.78 Å². The Hall–Kier alpha value is -2.16. The molecule has 0 aliphatic heterocycles. The number of carbonyl (C=O) groups is 1.